The lowest BCUT2D eigenvalue weighted by atomic mass is 10.1. The Morgan fingerprint density at radius 3 is 3.10 bits per heavy atom. The van der Waals surface area contributed by atoms with Gasteiger partial charge in [-0.05, 0) is 26.0 Å². The number of nitrogens with one attached hydrogen (secondary N) is 1. The average Bonchev–Trinajstić information content (AvgIpc) is 2.69. The zero-order valence-electron chi connectivity index (χ0n) is 12.6. The van der Waals surface area contributed by atoms with Gasteiger partial charge < -0.3 is 14.8 Å². The van der Waals surface area contributed by atoms with Crippen molar-refractivity contribution in [3.8, 4) is 5.75 Å². The molecule has 0 aromatic heterocycles. The molecule has 0 amide bonds. The second-order valence-electron chi connectivity index (χ2n) is 5.33. The van der Waals surface area contributed by atoms with Crippen LogP contribution < -0.4 is 10.1 Å². The first-order valence-electron chi connectivity index (χ1n) is 7.45. The van der Waals surface area contributed by atoms with Crippen LogP contribution in [0.5, 0.6) is 5.75 Å². The maximum absolute atomic E-state index is 5.81. The van der Waals surface area contributed by atoms with Crippen LogP contribution in [0, 0.1) is 0 Å². The molecule has 0 radical (unpaired) electrons. The lowest BCUT2D eigenvalue weighted by molar-refractivity contribution is 0.171. The Balaban J connectivity index is 1.80. The molecule has 0 bridgehead atoms. The highest BCUT2D eigenvalue weighted by molar-refractivity contribution is 5.33. The lowest BCUT2D eigenvalue weighted by Crippen LogP contribution is -2.41. The number of fused-ring (bicyclic) bond motifs is 1. The molecular weight excluding hydrogens is 252 g/mol. The van der Waals surface area contributed by atoms with Gasteiger partial charge in [0.15, 0.2) is 0 Å². The van der Waals surface area contributed by atoms with Crippen molar-refractivity contribution in [3.63, 3.8) is 0 Å². The average molecular weight is 278 g/mol. The van der Waals surface area contributed by atoms with Crippen molar-refractivity contribution in [1.29, 1.82) is 0 Å². The third-order valence-electron chi connectivity index (χ3n) is 3.75. The molecule has 0 saturated carbocycles. The Hall–Kier alpha value is -1.10. The normalized spacial score (nSPS) is 17.1. The molecule has 0 spiro atoms. The van der Waals surface area contributed by atoms with Gasteiger partial charge in [0.25, 0.3) is 0 Å². The maximum Gasteiger partial charge on any atom is 0.123 e. The lowest BCUT2D eigenvalue weighted by Gasteiger charge is -2.27. The van der Waals surface area contributed by atoms with Crippen LogP contribution in [0.15, 0.2) is 24.3 Å². The van der Waals surface area contributed by atoms with Gasteiger partial charge in [0.2, 0.25) is 0 Å². The Labute approximate surface area is 122 Å². The highest BCUT2D eigenvalue weighted by Crippen LogP contribution is 2.23. The molecule has 1 unspecified atom stereocenters. The van der Waals surface area contributed by atoms with Crippen molar-refractivity contribution in [1.82, 2.24) is 10.2 Å². The van der Waals surface area contributed by atoms with Crippen LogP contribution in [0.2, 0.25) is 0 Å². The summed E-state index contributed by atoms with van der Waals surface area (Å²) < 4.78 is 10.9. The van der Waals surface area contributed by atoms with Gasteiger partial charge in [-0.1, -0.05) is 18.2 Å². The van der Waals surface area contributed by atoms with E-state index in [1.54, 1.807) is 7.11 Å². The van der Waals surface area contributed by atoms with E-state index in [2.05, 4.69) is 35.3 Å². The summed E-state index contributed by atoms with van der Waals surface area (Å²) >= 11 is 0. The Morgan fingerprint density at radius 2 is 2.25 bits per heavy atom. The van der Waals surface area contributed by atoms with Crippen molar-refractivity contribution in [2.75, 3.05) is 40.0 Å². The number of ether oxygens (including phenoxy) is 2. The summed E-state index contributed by atoms with van der Waals surface area (Å²) in [6.45, 7) is 7.84. The predicted molar refractivity (Wildman–Crippen MR) is 81.2 cm³/mol. The van der Waals surface area contributed by atoms with Gasteiger partial charge in [0, 0.05) is 45.0 Å². The molecule has 0 aliphatic carbocycles. The summed E-state index contributed by atoms with van der Waals surface area (Å²) in [5, 5.41) is 3.50. The molecule has 1 N–H and O–H groups in total. The quantitative estimate of drug-likeness (QED) is 0.772. The van der Waals surface area contributed by atoms with E-state index in [1.165, 1.54) is 5.56 Å². The molecule has 4 nitrogen and oxygen atoms in total. The highest BCUT2D eigenvalue weighted by atomic mass is 16.5. The number of hydrogen-bond donors (Lipinski definition) is 1. The molecule has 4 heteroatoms. The fraction of sp³-hybridized carbons (Fsp3) is 0.625. The molecule has 0 saturated heterocycles. The van der Waals surface area contributed by atoms with Crippen LogP contribution >= 0.6 is 0 Å². The van der Waals surface area contributed by atoms with E-state index in [0.717, 1.165) is 51.6 Å². The Kier molecular flexibility index (Phi) is 6.30. The summed E-state index contributed by atoms with van der Waals surface area (Å²) in [5.74, 6) is 1.04. The topological polar surface area (TPSA) is 33.7 Å². The summed E-state index contributed by atoms with van der Waals surface area (Å²) in [4.78, 5) is 2.48. The van der Waals surface area contributed by atoms with Gasteiger partial charge in [-0.15, -0.1) is 0 Å². The third-order valence-corrected chi connectivity index (χ3v) is 3.75. The van der Waals surface area contributed by atoms with E-state index in [4.69, 9.17) is 9.47 Å². The second kappa shape index (κ2) is 8.25. The summed E-state index contributed by atoms with van der Waals surface area (Å²) in [7, 11) is 1.75. The number of methoxy groups -OCH3 is 1. The summed E-state index contributed by atoms with van der Waals surface area (Å²) in [5.41, 5.74) is 1.29. The molecule has 1 aliphatic heterocycles. The molecule has 1 aliphatic rings. The minimum Gasteiger partial charge on any atom is -0.492 e. The highest BCUT2D eigenvalue weighted by Gasteiger charge is 2.19. The van der Waals surface area contributed by atoms with Crippen LogP contribution in [0.4, 0.5) is 0 Å². The molecular formula is C16H26N2O2. The second-order valence-corrected chi connectivity index (χ2v) is 5.33. The van der Waals surface area contributed by atoms with Crippen molar-refractivity contribution >= 4 is 0 Å². The Morgan fingerprint density at radius 1 is 1.40 bits per heavy atom. The zero-order chi connectivity index (χ0) is 14.2. The minimum absolute atomic E-state index is 0.507. The first-order chi connectivity index (χ1) is 9.81. The molecule has 1 heterocycles. The molecule has 1 aromatic carbocycles. The van der Waals surface area contributed by atoms with Gasteiger partial charge in [-0.2, -0.15) is 0 Å². The number of nitrogens with zero attached hydrogens (tertiary/aromatic N) is 1. The van der Waals surface area contributed by atoms with Gasteiger partial charge in [0.1, 0.15) is 12.4 Å². The van der Waals surface area contributed by atoms with Crippen molar-refractivity contribution in [3.05, 3.63) is 29.8 Å². The van der Waals surface area contributed by atoms with Gasteiger partial charge in [-0.25, -0.2) is 0 Å². The zero-order valence-corrected chi connectivity index (χ0v) is 12.6. The van der Waals surface area contributed by atoms with Crippen LogP contribution in [0.3, 0.4) is 0 Å². The van der Waals surface area contributed by atoms with Crippen LogP contribution in [0.1, 0.15) is 18.9 Å². The number of para-hydroxylation sites is 1. The molecule has 1 atom stereocenters. The summed E-state index contributed by atoms with van der Waals surface area (Å²) in [6.07, 6.45) is 1.06. The number of rotatable bonds is 7. The van der Waals surface area contributed by atoms with Gasteiger partial charge >= 0.3 is 0 Å². The van der Waals surface area contributed by atoms with Crippen LogP contribution in [-0.4, -0.2) is 50.9 Å². The number of benzene rings is 1. The molecule has 20 heavy (non-hydrogen) atoms. The van der Waals surface area contributed by atoms with Crippen LogP contribution in [-0.2, 0) is 11.3 Å². The van der Waals surface area contributed by atoms with E-state index in [0.29, 0.717) is 6.04 Å². The number of hydrogen-bond acceptors (Lipinski definition) is 4. The van der Waals surface area contributed by atoms with E-state index in [9.17, 15) is 0 Å². The van der Waals surface area contributed by atoms with Crippen molar-refractivity contribution in [2.45, 2.75) is 25.9 Å². The van der Waals surface area contributed by atoms with E-state index in [-0.39, 0.29) is 0 Å². The van der Waals surface area contributed by atoms with Crippen LogP contribution in [0.25, 0.3) is 0 Å². The van der Waals surface area contributed by atoms with Gasteiger partial charge in [-0.3, -0.25) is 4.90 Å². The van der Waals surface area contributed by atoms with Crippen molar-refractivity contribution < 1.29 is 9.47 Å². The monoisotopic (exact) mass is 278 g/mol. The fourth-order valence-electron chi connectivity index (χ4n) is 2.50. The Bertz CT molecular complexity index is 398. The SMILES string of the molecule is COCCCNCC(C)N1CCOc2ccccc2C1. The third kappa shape index (κ3) is 4.47. The maximum atomic E-state index is 5.81. The first-order valence-corrected chi connectivity index (χ1v) is 7.45. The molecule has 112 valence electrons. The molecule has 1 aromatic rings. The fourth-order valence-corrected chi connectivity index (χ4v) is 2.50. The van der Waals surface area contributed by atoms with E-state index in [1.807, 2.05) is 6.07 Å². The van der Waals surface area contributed by atoms with Crippen molar-refractivity contribution in [2.24, 2.45) is 0 Å². The minimum atomic E-state index is 0.507. The van der Waals surface area contributed by atoms with Gasteiger partial charge in [0.05, 0.1) is 0 Å². The van der Waals surface area contributed by atoms with E-state index >= 15 is 0 Å². The standard InChI is InChI=1S/C16H26N2O2/c1-14(12-17-8-5-10-19-2)18-9-11-20-16-7-4-3-6-15(16)13-18/h3-4,6-7,14,17H,5,8-13H2,1-2H3. The van der Waals surface area contributed by atoms with E-state index < -0.39 is 0 Å². The predicted octanol–water partition coefficient (Wildman–Crippen LogP) is 1.90. The summed E-state index contributed by atoms with van der Waals surface area (Å²) in [6, 6.07) is 8.85. The smallest absolute Gasteiger partial charge is 0.123 e. The molecule has 2 rings (SSSR count). The largest absolute Gasteiger partial charge is 0.492 e. The first kappa shape index (κ1) is 15.3. The molecule has 0 fully saturated rings.